The number of hydrogen-bond donors (Lipinski definition) is 0. The maximum atomic E-state index is 15.1. The SMILES string of the molecule is O=S1(=O)[C@@H](c2ccccc2)CCCN1Cc1ccc(N2CCC(n3cnnc3)CC2)cc1F. The van der Waals surface area contributed by atoms with Crippen LogP contribution in [0.3, 0.4) is 0 Å². The molecule has 2 fully saturated rings. The minimum atomic E-state index is -3.55. The molecular weight excluding hydrogens is 441 g/mol. The minimum Gasteiger partial charge on any atom is -0.371 e. The number of benzene rings is 2. The van der Waals surface area contributed by atoms with Crippen LogP contribution >= 0.6 is 0 Å². The highest BCUT2D eigenvalue weighted by atomic mass is 32.2. The Morgan fingerprint density at radius 3 is 2.36 bits per heavy atom. The van der Waals surface area contributed by atoms with Gasteiger partial charge in [0.2, 0.25) is 10.0 Å². The number of anilines is 1. The molecule has 0 radical (unpaired) electrons. The van der Waals surface area contributed by atoms with E-state index >= 15 is 4.39 Å². The lowest BCUT2D eigenvalue weighted by atomic mass is 10.0. The molecule has 1 atom stereocenters. The quantitative estimate of drug-likeness (QED) is 0.566. The average molecular weight is 470 g/mol. The predicted octanol–water partition coefficient (Wildman–Crippen LogP) is 3.93. The van der Waals surface area contributed by atoms with E-state index in [0.717, 1.165) is 43.6 Å². The molecule has 2 aliphatic rings. The highest BCUT2D eigenvalue weighted by Gasteiger charge is 2.37. The van der Waals surface area contributed by atoms with Crippen LogP contribution in [0.25, 0.3) is 0 Å². The molecular formula is C24H28FN5O2S. The largest absolute Gasteiger partial charge is 0.371 e. The fourth-order valence-electron chi connectivity index (χ4n) is 4.96. The van der Waals surface area contributed by atoms with Gasteiger partial charge in [-0.25, -0.2) is 12.8 Å². The fraction of sp³-hybridized carbons (Fsp3) is 0.417. The summed E-state index contributed by atoms with van der Waals surface area (Å²) in [5, 5.41) is 7.19. The van der Waals surface area contributed by atoms with Crippen molar-refractivity contribution in [2.75, 3.05) is 24.5 Å². The molecule has 2 saturated heterocycles. The zero-order valence-corrected chi connectivity index (χ0v) is 19.2. The van der Waals surface area contributed by atoms with Gasteiger partial charge in [-0.15, -0.1) is 10.2 Å². The Labute approximate surface area is 193 Å². The molecule has 33 heavy (non-hydrogen) atoms. The summed E-state index contributed by atoms with van der Waals surface area (Å²) in [6, 6.07) is 14.9. The third-order valence-corrected chi connectivity index (χ3v) is 9.09. The highest BCUT2D eigenvalue weighted by Crippen LogP contribution is 2.35. The zero-order valence-electron chi connectivity index (χ0n) is 18.4. The Bertz CT molecular complexity index is 1180. The van der Waals surface area contributed by atoms with Gasteiger partial charge in [0.15, 0.2) is 0 Å². The maximum absolute atomic E-state index is 15.1. The molecule has 1 aromatic heterocycles. The van der Waals surface area contributed by atoms with Crippen molar-refractivity contribution in [3.05, 3.63) is 78.1 Å². The lowest BCUT2D eigenvalue weighted by molar-refractivity contribution is 0.355. The number of piperidine rings is 1. The summed E-state index contributed by atoms with van der Waals surface area (Å²) in [6.07, 6.45) is 6.72. The highest BCUT2D eigenvalue weighted by molar-refractivity contribution is 7.89. The Hall–Kier alpha value is -2.78. The summed E-state index contributed by atoms with van der Waals surface area (Å²) in [7, 11) is -3.55. The zero-order chi connectivity index (χ0) is 22.8. The molecule has 174 valence electrons. The molecule has 0 amide bonds. The van der Waals surface area contributed by atoms with Gasteiger partial charge in [0.05, 0.1) is 0 Å². The van der Waals surface area contributed by atoms with E-state index in [-0.39, 0.29) is 12.4 Å². The van der Waals surface area contributed by atoms with E-state index in [1.54, 1.807) is 24.8 Å². The lowest BCUT2D eigenvalue weighted by Crippen LogP contribution is -2.39. The topological polar surface area (TPSA) is 71.3 Å². The van der Waals surface area contributed by atoms with Crippen molar-refractivity contribution in [1.82, 2.24) is 19.1 Å². The standard InChI is InChI=1S/C24H28FN5O2S/c25-23-15-22(28-13-10-21(11-14-28)29-17-26-27-18-29)9-8-20(23)16-30-12-4-7-24(33(30,31)32)19-5-2-1-3-6-19/h1-3,5-6,8-9,15,17-18,21,24H,4,7,10-14,16H2/t24-/m1/s1. The smallest absolute Gasteiger partial charge is 0.221 e. The Morgan fingerprint density at radius 1 is 0.939 bits per heavy atom. The fourth-order valence-corrected chi connectivity index (χ4v) is 6.98. The number of aromatic nitrogens is 3. The van der Waals surface area contributed by atoms with Crippen LogP contribution in [-0.2, 0) is 16.6 Å². The first-order chi connectivity index (χ1) is 16.0. The summed E-state index contributed by atoms with van der Waals surface area (Å²) in [5.41, 5.74) is 2.05. The molecule has 0 N–H and O–H groups in total. The first-order valence-corrected chi connectivity index (χ1v) is 12.9. The molecule has 0 bridgehead atoms. The van der Waals surface area contributed by atoms with Gasteiger partial charge in [-0.05, 0) is 43.4 Å². The Morgan fingerprint density at radius 2 is 1.67 bits per heavy atom. The van der Waals surface area contributed by atoms with Crippen molar-refractivity contribution in [2.45, 2.75) is 43.5 Å². The van der Waals surface area contributed by atoms with E-state index in [2.05, 4.69) is 15.1 Å². The summed E-state index contributed by atoms with van der Waals surface area (Å²) >= 11 is 0. The van der Waals surface area contributed by atoms with Crippen molar-refractivity contribution in [3.8, 4) is 0 Å². The average Bonchev–Trinajstić information content (AvgIpc) is 3.37. The van der Waals surface area contributed by atoms with Gasteiger partial charge in [0.25, 0.3) is 0 Å². The normalized spacial score (nSPS) is 21.8. The Balaban J connectivity index is 1.27. The van der Waals surface area contributed by atoms with Gasteiger partial charge in [-0.2, -0.15) is 4.31 Å². The van der Waals surface area contributed by atoms with E-state index in [4.69, 9.17) is 0 Å². The van der Waals surface area contributed by atoms with Crippen LogP contribution in [-0.4, -0.2) is 47.1 Å². The number of hydrogen-bond acceptors (Lipinski definition) is 5. The molecule has 3 heterocycles. The van der Waals surface area contributed by atoms with E-state index in [0.29, 0.717) is 24.6 Å². The summed E-state index contributed by atoms with van der Waals surface area (Å²) in [5.74, 6) is -0.356. The van der Waals surface area contributed by atoms with Crippen LogP contribution in [0.15, 0.2) is 61.2 Å². The number of sulfonamides is 1. The number of halogens is 1. The molecule has 0 aliphatic carbocycles. The first kappa shape index (κ1) is 22.0. The van der Waals surface area contributed by atoms with Crippen LogP contribution in [0, 0.1) is 5.82 Å². The minimum absolute atomic E-state index is 0.0630. The Kier molecular flexibility index (Phi) is 6.16. The van der Waals surface area contributed by atoms with Crippen LogP contribution in [0.4, 0.5) is 10.1 Å². The van der Waals surface area contributed by atoms with Crippen molar-refractivity contribution >= 4 is 15.7 Å². The van der Waals surface area contributed by atoms with Gasteiger partial charge >= 0.3 is 0 Å². The number of rotatable bonds is 5. The van der Waals surface area contributed by atoms with E-state index in [1.165, 1.54) is 4.31 Å². The van der Waals surface area contributed by atoms with Crippen molar-refractivity contribution in [2.24, 2.45) is 0 Å². The third-order valence-electron chi connectivity index (χ3n) is 6.84. The van der Waals surface area contributed by atoms with Crippen LogP contribution < -0.4 is 4.90 Å². The van der Waals surface area contributed by atoms with E-state index in [1.807, 2.05) is 41.0 Å². The molecule has 5 rings (SSSR count). The van der Waals surface area contributed by atoms with E-state index < -0.39 is 15.3 Å². The van der Waals surface area contributed by atoms with E-state index in [9.17, 15) is 8.42 Å². The van der Waals surface area contributed by atoms with Gasteiger partial charge in [0.1, 0.15) is 23.7 Å². The molecule has 0 saturated carbocycles. The summed E-state index contributed by atoms with van der Waals surface area (Å²) in [6.45, 7) is 2.12. The van der Waals surface area contributed by atoms with Crippen LogP contribution in [0.1, 0.15) is 48.1 Å². The molecule has 9 heteroatoms. The number of nitrogens with zero attached hydrogens (tertiary/aromatic N) is 5. The molecule has 2 aliphatic heterocycles. The predicted molar refractivity (Wildman–Crippen MR) is 125 cm³/mol. The lowest BCUT2D eigenvalue weighted by Gasteiger charge is -2.34. The molecule has 3 aromatic rings. The molecule has 2 aromatic carbocycles. The summed E-state index contributed by atoms with van der Waals surface area (Å²) in [4.78, 5) is 2.18. The molecule has 0 spiro atoms. The molecule has 0 unspecified atom stereocenters. The maximum Gasteiger partial charge on any atom is 0.221 e. The second-order valence-corrected chi connectivity index (χ2v) is 10.9. The molecule has 7 nitrogen and oxygen atoms in total. The summed E-state index contributed by atoms with van der Waals surface area (Å²) < 4.78 is 45.0. The van der Waals surface area contributed by atoms with Gasteiger partial charge < -0.3 is 9.47 Å². The second kappa shape index (κ2) is 9.23. The van der Waals surface area contributed by atoms with Crippen LogP contribution in [0.2, 0.25) is 0 Å². The van der Waals surface area contributed by atoms with Crippen LogP contribution in [0.5, 0.6) is 0 Å². The van der Waals surface area contributed by atoms with Crippen molar-refractivity contribution < 1.29 is 12.8 Å². The van der Waals surface area contributed by atoms with Gasteiger partial charge in [-0.1, -0.05) is 36.4 Å². The van der Waals surface area contributed by atoms with Gasteiger partial charge in [-0.3, -0.25) is 0 Å². The second-order valence-electron chi connectivity index (χ2n) is 8.82. The van der Waals surface area contributed by atoms with Gasteiger partial charge in [0, 0.05) is 43.5 Å². The van der Waals surface area contributed by atoms with Crippen molar-refractivity contribution in [3.63, 3.8) is 0 Å². The third kappa shape index (κ3) is 4.52. The monoisotopic (exact) mass is 469 g/mol. The van der Waals surface area contributed by atoms with Crippen molar-refractivity contribution in [1.29, 1.82) is 0 Å². The first-order valence-electron chi connectivity index (χ1n) is 11.4.